The zero-order valence-corrected chi connectivity index (χ0v) is 8.12. The Morgan fingerprint density at radius 2 is 2.00 bits per heavy atom. The third kappa shape index (κ3) is 3.55. The average molecular weight is 245 g/mol. The fourth-order valence-electron chi connectivity index (χ4n) is 0.771. The highest BCUT2D eigenvalue weighted by atomic mass is 35.7. The highest BCUT2D eigenvalue weighted by molar-refractivity contribution is 8.08. The van der Waals surface area contributed by atoms with Crippen LogP contribution in [0, 0.1) is 0 Å². The molecule has 14 heavy (non-hydrogen) atoms. The molecule has 0 aliphatic heterocycles. The van der Waals surface area contributed by atoms with Gasteiger partial charge in [0.05, 0.1) is 4.90 Å². The van der Waals surface area contributed by atoms with Gasteiger partial charge in [-0.15, -0.1) is 13.2 Å². The molecule has 2 nitrogen and oxygen atoms in total. The van der Waals surface area contributed by atoms with Crippen molar-refractivity contribution >= 4 is 20.7 Å². The Kier molecular flexibility index (Phi) is 3.38. The summed E-state index contributed by atoms with van der Waals surface area (Å²) in [6, 6.07) is 4.68. The summed E-state index contributed by atoms with van der Waals surface area (Å²) in [4.78, 5) is 0.0633. The van der Waals surface area contributed by atoms with Crippen LogP contribution in [0.15, 0.2) is 29.2 Å². The minimum Gasteiger partial charge on any atom is -0.406 e. The minimum atomic E-state index is -4.76. The van der Waals surface area contributed by atoms with Gasteiger partial charge in [0.15, 0.2) is 0 Å². The SMILES string of the molecule is O=S(Cl)c1cccc(OC(F)(F)F)c1. The smallest absolute Gasteiger partial charge is 0.406 e. The van der Waals surface area contributed by atoms with E-state index in [0.29, 0.717) is 0 Å². The first-order chi connectivity index (χ1) is 6.38. The van der Waals surface area contributed by atoms with Crippen LogP contribution >= 0.6 is 10.7 Å². The molecule has 0 amide bonds. The summed E-state index contributed by atoms with van der Waals surface area (Å²) in [7, 11) is 3.34. The normalized spacial score (nSPS) is 13.7. The quantitative estimate of drug-likeness (QED) is 0.748. The van der Waals surface area contributed by atoms with Crippen LogP contribution in [-0.4, -0.2) is 10.6 Å². The fraction of sp³-hybridized carbons (Fsp3) is 0.143. The first-order valence-electron chi connectivity index (χ1n) is 3.32. The maximum atomic E-state index is 11.7. The number of rotatable bonds is 2. The predicted molar refractivity (Wildman–Crippen MR) is 45.4 cm³/mol. The van der Waals surface area contributed by atoms with Crippen LogP contribution in [0.4, 0.5) is 13.2 Å². The Balaban J connectivity index is 2.89. The molecule has 0 heterocycles. The molecule has 0 aliphatic carbocycles. The lowest BCUT2D eigenvalue weighted by Gasteiger charge is -2.08. The van der Waals surface area contributed by atoms with Gasteiger partial charge in [0, 0.05) is 0 Å². The zero-order chi connectivity index (χ0) is 10.8. The largest absolute Gasteiger partial charge is 0.573 e. The molecule has 0 bridgehead atoms. The highest BCUT2D eigenvalue weighted by Gasteiger charge is 2.31. The van der Waals surface area contributed by atoms with Gasteiger partial charge in [-0.05, 0) is 28.9 Å². The molecule has 0 radical (unpaired) electrons. The molecule has 1 atom stereocenters. The van der Waals surface area contributed by atoms with E-state index in [9.17, 15) is 17.4 Å². The van der Waals surface area contributed by atoms with Gasteiger partial charge in [0.25, 0.3) is 0 Å². The fourth-order valence-corrected chi connectivity index (χ4v) is 1.45. The second-order valence-corrected chi connectivity index (χ2v) is 4.01. The number of ether oxygens (including phenoxy) is 1. The van der Waals surface area contributed by atoms with Crippen molar-refractivity contribution < 1.29 is 22.1 Å². The van der Waals surface area contributed by atoms with Crippen LogP contribution in [0.3, 0.4) is 0 Å². The molecule has 1 aromatic carbocycles. The summed E-state index contributed by atoms with van der Waals surface area (Å²) in [5.74, 6) is -0.441. The van der Waals surface area contributed by atoms with E-state index in [4.69, 9.17) is 10.7 Å². The van der Waals surface area contributed by atoms with Crippen molar-refractivity contribution in [3.63, 3.8) is 0 Å². The van der Waals surface area contributed by atoms with Gasteiger partial charge < -0.3 is 4.74 Å². The first kappa shape index (κ1) is 11.3. The van der Waals surface area contributed by atoms with E-state index in [-0.39, 0.29) is 4.90 Å². The third-order valence-electron chi connectivity index (χ3n) is 1.22. The third-order valence-corrected chi connectivity index (χ3v) is 2.38. The summed E-state index contributed by atoms with van der Waals surface area (Å²) in [5.41, 5.74) is 0. The van der Waals surface area contributed by atoms with Crippen molar-refractivity contribution in [2.75, 3.05) is 0 Å². The Hall–Kier alpha value is -0.750. The van der Waals surface area contributed by atoms with Crippen LogP contribution in [0.2, 0.25) is 0 Å². The van der Waals surface area contributed by atoms with E-state index in [2.05, 4.69) is 4.74 Å². The molecule has 0 saturated heterocycles. The number of hydrogen-bond donors (Lipinski definition) is 0. The Morgan fingerprint density at radius 1 is 1.36 bits per heavy atom. The molecule has 1 aromatic rings. The van der Waals surface area contributed by atoms with Crippen molar-refractivity contribution in [3.05, 3.63) is 24.3 Å². The molecule has 0 saturated carbocycles. The van der Waals surface area contributed by atoms with Crippen LogP contribution in [0.1, 0.15) is 0 Å². The van der Waals surface area contributed by atoms with E-state index in [1.807, 2.05) is 0 Å². The number of benzene rings is 1. The molecule has 7 heteroatoms. The Labute approximate surface area is 84.6 Å². The topological polar surface area (TPSA) is 26.3 Å². The molecule has 1 rings (SSSR count). The average Bonchev–Trinajstić information content (AvgIpc) is 2.01. The van der Waals surface area contributed by atoms with Crippen molar-refractivity contribution in [2.45, 2.75) is 11.3 Å². The van der Waals surface area contributed by atoms with Crippen molar-refractivity contribution in [2.24, 2.45) is 0 Å². The van der Waals surface area contributed by atoms with E-state index in [1.165, 1.54) is 12.1 Å². The molecule has 1 unspecified atom stereocenters. The Bertz CT molecular complexity index is 353. The molecule has 78 valence electrons. The van der Waals surface area contributed by atoms with Crippen LogP contribution in [0.25, 0.3) is 0 Å². The molecule has 0 aliphatic rings. The molecule has 0 fully saturated rings. The summed E-state index contributed by atoms with van der Waals surface area (Å²) in [6.07, 6.45) is -4.76. The highest BCUT2D eigenvalue weighted by Crippen LogP contribution is 2.24. The van der Waals surface area contributed by atoms with E-state index >= 15 is 0 Å². The van der Waals surface area contributed by atoms with Crippen LogP contribution in [0.5, 0.6) is 5.75 Å². The van der Waals surface area contributed by atoms with Gasteiger partial charge in [-0.2, -0.15) is 0 Å². The molecular formula is C7H4ClF3O2S. The maximum absolute atomic E-state index is 11.7. The Morgan fingerprint density at radius 3 is 2.50 bits per heavy atom. The lowest BCUT2D eigenvalue weighted by Crippen LogP contribution is -2.17. The van der Waals surface area contributed by atoms with Gasteiger partial charge >= 0.3 is 6.36 Å². The van der Waals surface area contributed by atoms with Gasteiger partial charge in [-0.3, -0.25) is 0 Å². The number of hydrogen-bond acceptors (Lipinski definition) is 2. The van der Waals surface area contributed by atoms with Crippen molar-refractivity contribution in [1.29, 1.82) is 0 Å². The number of alkyl halides is 3. The van der Waals surface area contributed by atoms with E-state index in [1.54, 1.807) is 0 Å². The van der Waals surface area contributed by atoms with E-state index in [0.717, 1.165) is 12.1 Å². The zero-order valence-electron chi connectivity index (χ0n) is 6.55. The molecule has 0 spiro atoms. The summed E-state index contributed by atoms with van der Waals surface area (Å²) >= 11 is 0. The molecule has 0 aromatic heterocycles. The van der Waals surface area contributed by atoms with E-state index < -0.39 is 22.1 Å². The molecule has 0 N–H and O–H groups in total. The standard InChI is InChI=1S/C7H4ClF3O2S/c8-14(12)6-3-1-2-5(4-6)13-7(9,10)11/h1-4H. The summed E-state index contributed by atoms with van der Waals surface area (Å²) in [6.45, 7) is 0. The lowest BCUT2D eigenvalue weighted by atomic mass is 10.3. The van der Waals surface area contributed by atoms with Gasteiger partial charge in [-0.1, -0.05) is 6.07 Å². The van der Waals surface area contributed by atoms with Crippen molar-refractivity contribution in [3.8, 4) is 5.75 Å². The maximum Gasteiger partial charge on any atom is 0.573 e. The van der Waals surface area contributed by atoms with Crippen molar-refractivity contribution in [1.82, 2.24) is 0 Å². The summed E-state index contributed by atoms with van der Waals surface area (Å²) in [5, 5.41) is 0. The second kappa shape index (κ2) is 4.18. The van der Waals surface area contributed by atoms with Gasteiger partial charge in [0.1, 0.15) is 15.8 Å². The first-order valence-corrected chi connectivity index (χ1v) is 5.30. The minimum absolute atomic E-state index is 0.0633. The van der Waals surface area contributed by atoms with Crippen LogP contribution < -0.4 is 4.74 Å². The second-order valence-electron chi connectivity index (χ2n) is 2.25. The van der Waals surface area contributed by atoms with Gasteiger partial charge in [-0.25, -0.2) is 4.21 Å². The lowest BCUT2D eigenvalue weighted by molar-refractivity contribution is -0.274. The molecular weight excluding hydrogens is 241 g/mol. The summed E-state index contributed by atoms with van der Waals surface area (Å²) < 4.78 is 49.5. The number of halogens is 4. The van der Waals surface area contributed by atoms with Gasteiger partial charge in [0.2, 0.25) is 0 Å². The monoisotopic (exact) mass is 244 g/mol. The predicted octanol–water partition coefficient (Wildman–Crippen LogP) is 2.85. The van der Waals surface area contributed by atoms with Crippen LogP contribution in [-0.2, 0) is 10.0 Å².